The smallest absolute Gasteiger partial charge is 0.275 e. The predicted molar refractivity (Wildman–Crippen MR) is 93.3 cm³/mol. The van der Waals surface area contributed by atoms with Gasteiger partial charge in [0.15, 0.2) is 5.69 Å². The van der Waals surface area contributed by atoms with Gasteiger partial charge in [-0.15, -0.1) is 0 Å². The Morgan fingerprint density at radius 1 is 1.29 bits per heavy atom. The maximum atomic E-state index is 12.5. The zero-order valence-electron chi connectivity index (χ0n) is 13.6. The molecule has 0 saturated carbocycles. The number of nitrogens with zero attached hydrogens (tertiary/aromatic N) is 2. The molecule has 0 aliphatic carbocycles. The van der Waals surface area contributed by atoms with Gasteiger partial charge < -0.3 is 5.32 Å². The highest BCUT2D eigenvalue weighted by atomic mass is 35.5. The second kappa shape index (κ2) is 7.27. The summed E-state index contributed by atoms with van der Waals surface area (Å²) >= 11 is 5.97. The number of amides is 1. The molecule has 1 N–H and O–H groups in total. The van der Waals surface area contributed by atoms with Crippen LogP contribution in [0.4, 0.5) is 5.69 Å². The third-order valence-corrected chi connectivity index (χ3v) is 5.30. The van der Waals surface area contributed by atoms with Gasteiger partial charge in [0.05, 0.1) is 17.0 Å². The summed E-state index contributed by atoms with van der Waals surface area (Å²) in [4.78, 5) is 20.1. The lowest BCUT2D eigenvalue weighted by atomic mass is 10.1. The lowest BCUT2D eigenvalue weighted by Crippen LogP contribution is -2.19. The van der Waals surface area contributed by atoms with Crippen molar-refractivity contribution in [3.8, 4) is 0 Å². The van der Waals surface area contributed by atoms with Gasteiger partial charge in [0, 0.05) is 5.69 Å². The molecule has 1 heterocycles. The van der Waals surface area contributed by atoms with Crippen LogP contribution in [0.1, 0.15) is 35.0 Å². The van der Waals surface area contributed by atoms with E-state index in [-0.39, 0.29) is 21.6 Å². The normalized spacial score (nSPS) is 11.3. The molecule has 24 heavy (non-hydrogen) atoms. The van der Waals surface area contributed by atoms with E-state index in [0.29, 0.717) is 12.1 Å². The fourth-order valence-corrected chi connectivity index (χ4v) is 3.41. The van der Waals surface area contributed by atoms with Crippen molar-refractivity contribution in [1.82, 2.24) is 9.97 Å². The maximum Gasteiger partial charge on any atom is 0.275 e. The minimum atomic E-state index is -3.63. The van der Waals surface area contributed by atoms with E-state index >= 15 is 0 Å². The molecule has 8 heteroatoms. The quantitative estimate of drug-likeness (QED) is 0.820. The van der Waals surface area contributed by atoms with Crippen molar-refractivity contribution in [3.63, 3.8) is 0 Å². The summed E-state index contributed by atoms with van der Waals surface area (Å²) in [6, 6.07) is 5.62. The predicted octanol–water partition coefficient (Wildman–Crippen LogP) is 3.18. The summed E-state index contributed by atoms with van der Waals surface area (Å²) in [5, 5.41) is 2.32. The number of carbonyl (C=O) groups excluding carboxylic acids is 1. The van der Waals surface area contributed by atoms with E-state index in [1.54, 1.807) is 6.92 Å². The second-order valence-corrected chi connectivity index (χ2v) is 7.85. The lowest BCUT2D eigenvalue weighted by Gasteiger charge is -2.10. The van der Waals surface area contributed by atoms with Crippen LogP contribution in [0.25, 0.3) is 0 Å². The van der Waals surface area contributed by atoms with Crippen LogP contribution in [-0.2, 0) is 9.84 Å². The molecule has 128 valence electrons. The van der Waals surface area contributed by atoms with Crippen molar-refractivity contribution in [2.24, 2.45) is 0 Å². The molecular weight excluding hydrogens is 350 g/mol. The molecular formula is C16H18ClN3O3S. The number of anilines is 1. The maximum absolute atomic E-state index is 12.5. The monoisotopic (exact) mass is 367 g/mol. The van der Waals surface area contributed by atoms with Gasteiger partial charge in [-0.2, -0.15) is 0 Å². The van der Waals surface area contributed by atoms with Crippen molar-refractivity contribution in [3.05, 3.63) is 46.2 Å². The number of hydrogen-bond acceptors (Lipinski definition) is 5. The van der Waals surface area contributed by atoms with E-state index in [1.807, 2.05) is 32.0 Å². The Morgan fingerprint density at radius 3 is 2.67 bits per heavy atom. The van der Waals surface area contributed by atoms with E-state index in [0.717, 1.165) is 17.3 Å². The highest BCUT2D eigenvalue weighted by Crippen LogP contribution is 2.20. The number of sulfone groups is 1. The van der Waals surface area contributed by atoms with Crippen LogP contribution in [0.2, 0.25) is 5.02 Å². The number of rotatable bonds is 5. The second-order valence-electron chi connectivity index (χ2n) is 5.44. The molecule has 0 radical (unpaired) electrons. The third kappa shape index (κ3) is 4.10. The van der Waals surface area contributed by atoms with Crippen LogP contribution in [0, 0.1) is 13.8 Å². The van der Waals surface area contributed by atoms with Crippen molar-refractivity contribution in [2.75, 3.05) is 11.1 Å². The number of aryl methyl sites for hydroxylation is 2. The molecule has 0 aliphatic rings. The van der Waals surface area contributed by atoms with Crippen LogP contribution in [0.15, 0.2) is 29.6 Å². The first-order chi connectivity index (χ1) is 11.2. The standard InChI is InChI=1S/C16H18ClN3O3S/c1-4-7-24(22,23)16-18-9-12(17)14(20-16)15(21)19-13-8-10(2)5-6-11(13)3/h5-6,8-9H,4,7H2,1-3H3,(H,19,21). The Bertz CT molecular complexity index is 882. The first-order valence-electron chi connectivity index (χ1n) is 7.38. The summed E-state index contributed by atoms with van der Waals surface area (Å²) in [5.74, 6) is -0.670. The molecule has 0 spiro atoms. The zero-order chi connectivity index (χ0) is 17.9. The Balaban J connectivity index is 2.37. The van der Waals surface area contributed by atoms with E-state index < -0.39 is 15.7 Å². The van der Waals surface area contributed by atoms with E-state index in [1.165, 1.54) is 0 Å². The van der Waals surface area contributed by atoms with E-state index in [9.17, 15) is 13.2 Å². The van der Waals surface area contributed by atoms with Crippen LogP contribution in [0.3, 0.4) is 0 Å². The Labute approximate surface area is 146 Å². The van der Waals surface area contributed by atoms with Gasteiger partial charge in [-0.3, -0.25) is 4.79 Å². The minimum absolute atomic E-state index is 0.00625. The number of halogens is 1. The zero-order valence-corrected chi connectivity index (χ0v) is 15.2. The molecule has 0 unspecified atom stereocenters. The summed E-state index contributed by atoms with van der Waals surface area (Å²) in [7, 11) is -3.63. The van der Waals surface area contributed by atoms with Gasteiger partial charge in [-0.05, 0) is 37.5 Å². The Morgan fingerprint density at radius 2 is 2.00 bits per heavy atom. The molecule has 1 amide bonds. The van der Waals surface area contributed by atoms with Crippen molar-refractivity contribution >= 4 is 33.0 Å². The summed E-state index contributed by atoms with van der Waals surface area (Å²) in [6.07, 6.45) is 1.56. The van der Waals surface area contributed by atoms with Gasteiger partial charge in [-0.25, -0.2) is 18.4 Å². The average molecular weight is 368 g/mol. The molecule has 6 nitrogen and oxygen atoms in total. The summed E-state index contributed by atoms with van der Waals surface area (Å²) in [6.45, 7) is 5.50. The minimum Gasteiger partial charge on any atom is -0.320 e. The number of nitrogens with one attached hydrogen (secondary N) is 1. The SMILES string of the molecule is CCCS(=O)(=O)c1ncc(Cl)c(C(=O)Nc2cc(C)ccc2C)n1. The number of carbonyl (C=O) groups is 1. The number of hydrogen-bond donors (Lipinski definition) is 1. The topological polar surface area (TPSA) is 89.0 Å². The number of benzene rings is 1. The van der Waals surface area contributed by atoms with Crippen molar-refractivity contribution in [1.29, 1.82) is 0 Å². The van der Waals surface area contributed by atoms with Gasteiger partial charge in [0.25, 0.3) is 5.91 Å². The highest BCUT2D eigenvalue weighted by Gasteiger charge is 2.22. The Hall–Kier alpha value is -1.99. The fourth-order valence-electron chi connectivity index (χ4n) is 2.07. The molecule has 0 aliphatic heterocycles. The molecule has 2 rings (SSSR count). The third-order valence-electron chi connectivity index (χ3n) is 3.33. The molecule has 0 atom stereocenters. The van der Waals surface area contributed by atoms with Crippen LogP contribution in [-0.4, -0.2) is 30.0 Å². The summed E-state index contributed by atoms with van der Waals surface area (Å²) in [5.41, 5.74) is 2.31. The van der Waals surface area contributed by atoms with Gasteiger partial charge >= 0.3 is 0 Å². The molecule has 1 aromatic carbocycles. The van der Waals surface area contributed by atoms with E-state index in [2.05, 4.69) is 15.3 Å². The van der Waals surface area contributed by atoms with Gasteiger partial charge in [0.2, 0.25) is 15.0 Å². The van der Waals surface area contributed by atoms with Crippen LogP contribution in [0.5, 0.6) is 0 Å². The molecule has 2 aromatic rings. The molecule has 0 saturated heterocycles. The first kappa shape index (κ1) is 18.4. The fraction of sp³-hybridized carbons (Fsp3) is 0.312. The Kier molecular flexibility index (Phi) is 5.56. The van der Waals surface area contributed by atoms with E-state index in [4.69, 9.17) is 11.6 Å². The van der Waals surface area contributed by atoms with Gasteiger partial charge in [0.1, 0.15) is 0 Å². The number of aromatic nitrogens is 2. The summed E-state index contributed by atoms with van der Waals surface area (Å²) < 4.78 is 24.2. The molecule has 0 fully saturated rings. The van der Waals surface area contributed by atoms with Crippen molar-refractivity contribution < 1.29 is 13.2 Å². The van der Waals surface area contributed by atoms with Crippen molar-refractivity contribution in [2.45, 2.75) is 32.3 Å². The first-order valence-corrected chi connectivity index (χ1v) is 9.41. The highest BCUT2D eigenvalue weighted by molar-refractivity contribution is 7.91. The largest absolute Gasteiger partial charge is 0.320 e. The average Bonchev–Trinajstić information content (AvgIpc) is 2.51. The molecule has 1 aromatic heterocycles. The van der Waals surface area contributed by atoms with Crippen LogP contribution < -0.4 is 5.32 Å². The molecule has 0 bridgehead atoms. The van der Waals surface area contributed by atoms with Gasteiger partial charge in [-0.1, -0.05) is 30.7 Å². The lowest BCUT2D eigenvalue weighted by molar-refractivity contribution is 0.102. The van der Waals surface area contributed by atoms with Crippen LogP contribution >= 0.6 is 11.6 Å².